The van der Waals surface area contributed by atoms with Crippen molar-refractivity contribution in [1.82, 2.24) is 0 Å². The molecule has 11 heteroatoms. The molecular formula is C36H36F8O3. The Morgan fingerprint density at radius 2 is 1.40 bits per heavy atom. The van der Waals surface area contributed by atoms with E-state index in [9.17, 15) is 30.7 Å². The van der Waals surface area contributed by atoms with Gasteiger partial charge in [-0.05, 0) is 54.5 Å². The highest BCUT2D eigenvalue weighted by atomic mass is 19.3. The van der Waals surface area contributed by atoms with Crippen LogP contribution >= 0.6 is 0 Å². The van der Waals surface area contributed by atoms with E-state index in [2.05, 4.69) is 11.7 Å². The predicted molar refractivity (Wildman–Crippen MR) is 160 cm³/mol. The van der Waals surface area contributed by atoms with Crippen LogP contribution in [0, 0.1) is 52.7 Å². The van der Waals surface area contributed by atoms with Crippen molar-refractivity contribution in [2.24, 2.45) is 17.8 Å². The summed E-state index contributed by atoms with van der Waals surface area (Å²) >= 11 is 0. The van der Waals surface area contributed by atoms with E-state index in [4.69, 9.17) is 9.47 Å². The second-order valence-corrected chi connectivity index (χ2v) is 12.3. The summed E-state index contributed by atoms with van der Waals surface area (Å²) in [5.74, 6) is -8.22. The van der Waals surface area contributed by atoms with Gasteiger partial charge in [-0.25, -0.2) is 26.3 Å². The van der Waals surface area contributed by atoms with E-state index in [-0.39, 0.29) is 35.3 Å². The number of hydrogen-bond donors (Lipinski definition) is 0. The molecule has 1 aliphatic heterocycles. The summed E-state index contributed by atoms with van der Waals surface area (Å²) in [7, 11) is 0. The molecule has 0 spiro atoms. The molecule has 3 aromatic rings. The van der Waals surface area contributed by atoms with Gasteiger partial charge in [-0.1, -0.05) is 57.6 Å². The van der Waals surface area contributed by atoms with Crippen LogP contribution in [0.3, 0.4) is 0 Å². The molecule has 1 aliphatic carbocycles. The van der Waals surface area contributed by atoms with Gasteiger partial charge in [0.25, 0.3) is 0 Å². The van der Waals surface area contributed by atoms with Crippen LogP contribution in [-0.4, -0.2) is 19.3 Å². The number of hydrogen-bond acceptors (Lipinski definition) is 3. The Balaban J connectivity index is 1.19. The number of halogens is 8. The predicted octanol–water partition coefficient (Wildman–Crippen LogP) is 10.9. The lowest BCUT2D eigenvalue weighted by molar-refractivity contribution is -0.214. The minimum atomic E-state index is -4.28. The van der Waals surface area contributed by atoms with E-state index in [1.165, 1.54) is 56.7 Å². The first-order chi connectivity index (χ1) is 22.4. The molecule has 47 heavy (non-hydrogen) atoms. The molecule has 1 heterocycles. The van der Waals surface area contributed by atoms with Gasteiger partial charge in [0.15, 0.2) is 23.7 Å². The van der Waals surface area contributed by atoms with Gasteiger partial charge >= 0.3 is 6.11 Å². The average Bonchev–Trinajstić information content (AvgIpc) is 3.03. The van der Waals surface area contributed by atoms with Gasteiger partial charge in [-0.2, -0.15) is 8.78 Å². The summed E-state index contributed by atoms with van der Waals surface area (Å²) in [6.45, 7) is 3.20. The van der Waals surface area contributed by atoms with E-state index >= 15 is 4.39 Å². The second kappa shape index (κ2) is 15.2. The number of rotatable bonds is 11. The normalized spacial score (nSPS) is 22.1. The maximum atomic E-state index is 15.2. The summed E-state index contributed by atoms with van der Waals surface area (Å²) in [5, 5.41) is 0. The Kier molecular flexibility index (Phi) is 11.3. The van der Waals surface area contributed by atoms with Gasteiger partial charge < -0.3 is 14.2 Å². The highest BCUT2D eigenvalue weighted by molar-refractivity contribution is 5.67. The lowest BCUT2D eigenvalue weighted by Crippen LogP contribution is -2.34. The minimum absolute atomic E-state index is 0.0446. The third kappa shape index (κ3) is 8.73. The van der Waals surface area contributed by atoms with Crippen molar-refractivity contribution >= 4 is 6.08 Å². The fourth-order valence-corrected chi connectivity index (χ4v) is 6.39. The third-order valence-corrected chi connectivity index (χ3v) is 9.01. The molecule has 3 aromatic carbocycles. The highest BCUT2D eigenvalue weighted by Crippen LogP contribution is 2.39. The first-order valence-corrected chi connectivity index (χ1v) is 15.9. The number of unbranched alkanes of at least 4 members (excludes halogenated alkanes) is 2. The van der Waals surface area contributed by atoms with Gasteiger partial charge in [0, 0.05) is 40.8 Å². The lowest BCUT2D eigenvalue weighted by Gasteiger charge is -2.38. The standard InChI is InChI=1S/C36H36F8O3/c1-2-3-4-5-21-6-8-22(9-7-21)25-19-45-35(46-20-25)23-10-11-27(29(37)14-23)24-15-30(38)28(31(39)16-24)12-13-36(43,44)47-26-17-32(40)34(42)33(41)18-26/h10-18,21-22,25,35H,2-9,19-20H2,1H3/b13-12+. The smallest absolute Gasteiger partial charge is 0.419 e. The Labute approximate surface area is 268 Å². The maximum Gasteiger partial charge on any atom is 0.419 e. The highest BCUT2D eigenvalue weighted by Gasteiger charge is 2.33. The summed E-state index contributed by atoms with van der Waals surface area (Å²) in [6, 6.07) is 5.98. The molecule has 0 radical (unpaired) electrons. The molecule has 2 aliphatic rings. The molecule has 0 N–H and O–H groups in total. The van der Waals surface area contributed by atoms with Crippen LogP contribution in [0.1, 0.15) is 75.7 Å². The van der Waals surface area contributed by atoms with E-state index in [1.807, 2.05) is 0 Å². The molecule has 0 amide bonds. The van der Waals surface area contributed by atoms with Crippen molar-refractivity contribution < 1.29 is 49.3 Å². The van der Waals surface area contributed by atoms with E-state index in [0.717, 1.165) is 30.9 Å². The van der Waals surface area contributed by atoms with Crippen LogP contribution in [0.5, 0.6) is 5.75 Å². The van der Waals surface area contributed by atoms with Crippen molar-refractivity contribution in [1.29, 1.82) is 0 Å². The fraction of sp³-hybridized carbons (Fsp3) is 0.444. The van der Waals surface area contributed by atoms with Crippen LogP contribution < -0.4 is 4.74 Å². The monoisotopic (exact) mass is 668 g/mol. The molecule has 1 saturated heterocycles. The van der Waals surface area contributed by atoms with E-state index < -0.39 is 58.6 Å². The summed E-state index contributed by atoms with van der Waals surface area (Å²) in [4.78, 5) is 0. The topological polar surface area (TPSA) is 27.7 Å². The zero-order chi connectivity index (χ0) is 33.7. The van der Waals surface area contributed by atoms with Crippen LogP contribution in [0.15, 0.2) is 48.5 Å². The average molecular weight is 669 g/mol. The molecule has 5 rings (SSSR count). The van der Waals surface area contributed by atoms with E-state index in [1.54, 1.807) is 0 Å². The van der Waals surface area contributed by atoms with Crippen LogP contribution in [-0.2, 0) is 9.47 Å². The van der Waals surface area contributed by atoms with Gasteiger partial charge in [-0.15, -0.1) is 0 Å². The summed E-state index contributed by atoms with van der Waals surface area (Å²) in [6.07, 6.45) is 5.10. The zero-order valence-corrected chi connectivity index (χ0v) is 25.8. The second-order valence-electron chi connectivity index (χ2n) is 12.3. The zero-order valence-electron chi connectivity index (χ0n) is 25.8. The number of ether oxygens (including phenoxy) is 3. The van der Waals surface area contributed by atoms with Crippen molar-refractivity contribution in [3.05, 3.63) is 94.6 Å². The van der Waals surface area contributed by atoms with Crippen molar-refractivity contribution in [2.45, 2.75) is 70.7 Å². The first-order valence-electron chi connectivity index (χ1n) is 15.9. The SMILES string of the molecule is CCCCCC1CCC(C2COC(c3ccc(-c4cc(F)c(/C=C/C(F)(F)Oc5cc(F)c(F)c(F)c5)c(F)c4)c(F)c3)OC2)CC1. The minimum Gasteiger partial charge on any atom is -0.429 e. The number of benzene rings is 3. The van der Waals surface area contributed by atoms with Crippen LogP contribution in [0.25, 0.3) is 17.2 Å². The molecule has 2 fully saturated rings. The molecular weight excluding hydrogens is 632 g/mol. The van der Waals surface area contributed by atoms with E-state index in [0.29, 0.717) is 30.8 Å². The molecule has 1 saturated carbocycles. The lowest BCUT2D eigenvalue weighted by atomic mass is 9.74. The van der Waals surface area contributed by atoms with Crippen molar-refractivity contribution in [2.75, 3.05) is 13.2 Å². The van der Waals surface area contributed by atoms with Gasteiger partial charge in [0.05, 0.1) is 13.2 Å². The van der Waals surface area contributed by atoms with Crippen LogP contribution in [0.4, 0.5) is 35.1 Å². The molecule has 3 nitrogen and oxygen atoms in total. The van der Waals surface area contributed by atoms with Crippen molar-refractivity contribution in [3.63, 3.8) is 0 Å². The maximum absolute atomic E-state index is 15.2. The fourth-order valence-electron chi connectivity index (χ4n) is 6.39. The third-order valence-electron chi connectivity index (χ3n) is 9.01. The molecule has 0 unspecified atom stereocenters. The molecule has 254 valence electrons. The number of alkyl halides is 2. The van der Waals surface area contributed by atoms with Crippen LogP contribution in [0.2, 0.25) is 0 Å². The van der Waals surface area contributed by atoms with Gasteiger partial charge in [-0.3, -0.25) is 0 Å². The summed E-state index contributed by atoms with van der Waals surface area (Å²) < 4.78 is 129. The Morgan fingerprint density at radius 1 is 0.766 bits per heavy atom. The van der Waals surface area contributed by atoms with Gasteiger partial charge in [0.2, 0.25) is 0 Å². The molecule has 0 atom stereocenters. The summed E-state index contributed by atoms with van der Waals surface area (Å²) in [5.41, 5.74) is -0.806. The quantitative estimate of drug-likeness (QED) is 0.116. The largest absolute Gasteiger partial charge is 0.429 e. The first kappa shape index (κ1) is 34.9. The Bertz CT molecular complexity index is 1510. The molecule has 0 aromatic heterocycles. The van der Waals surface area contributed by atoms with Crippen molar-refractivity contribution in [3.8, 4) is 16.9 Å². The Morgan fingerprint density at radius 3 is 2.00 bits per heavy atom. The Hall–Kier alpha value is -3.44. The molecule has 0 bridgehead atoms. The van der Waals surface area contributed by atoms with Gasteiger partial charge in [0.1, 0.15) is 23.2 Å².